The minimum Gasteiger partial charge on any atom is -0.497 e. The second kappa shape index (κ2) is 10.2. The molecule has 0 heterocycles. The molecule has 0 aliphatic heterocycles. The van der Waals surface area contributed by atoms with Crippen LogP contribution in [-0.2, 0) is 6.61 Å². The van der Waals surface area contributed by atoms with Crippen LogP contribution in [-0.4, -0.2) is 25.4 Å². The lowest BCUT2D eigenvalue weighted by molar-refractivity contribution is 0.0941. The van der Waals surface area contributed by atoms with E-state index in [1.54, 1.807) is 31.4 Å². The van der Waals surface area contributed by atoms with Crippen LogP contribution in [0.1, 0.15) is 41.6 Å². The zero-order chi connectivity index (χ0) is 22.4. The minimum atomic E-state index is -0.930. The summed E-state index contributed by atoms with van der Waals surface area (Å²) in [5.41, 5.74) is 6.17. The van der Waals surface area contributed by atoms with Gasteiger partial charge >= 0.3 is 0 Å². The normalized spacial score (nSPS) is 18.3. The van der Waals surface area contributed by atoms with Crippen LogP contribution in [0.2, 0.25) is 0 Å². The average Bonchev–Trinajstić information content (AvgIpc) is 2.77. The Balaban J connectivity index is 1.55. The van der Waals surface area contributed by atoms with E-state index in [1.165, 1.54) is 0 Å². The number of halogens is 2. The van der Waals surface area contributed by atoms with Gasteiger partial charge in [-0.25, -0.2) is 8.78 Å². The molecule has 6 nitrogen and oxygen atoms in total. The van der Waals surface area contributed by atoms with Gasteiger partial charge in [-0.15, -0.1) is 0 Å². The molecular weight excluding hydrogens is 404 g/mol. The number of rotatable bonds is 8. The van der Waals surface area contributed by atoms with Crippen LogP contribution in [0.15, 0.2) is 36.4 Å². The summed E-state index contributed by atoms with van der Waals surface area (Å²) in [6.07, 6.45) is 3.34. The van der Waals surface area contributed by atoms with E-state index in [4.69, 9.17) is 20.6 Å². The fourth-order valence-electron chi connectivity index (χ4n) is 3.72. The summed E-state index contributed by atoms with van der Waals surface area (Å²) >= 11 is 0. The third kappa shape index (κ3) is 5.93. The Morgan fingerprint density at radius 2 is 1.74 bits per heavy atom. The quantitative estimate of drug-likeness (QED) is 0.434. The fraction of sp³-hybridized carbons (Fsp3) is 0.391. The fourth-order valence-corrected chi connectivity index (χ4v) is 3.72. The molecule has 2 aromatic rings. The Labute approximate surface area is 180 Å². The lowest BCUT2D eigenvalue weighted by Gasteiger charge is -2.27. The summed E-state index contributed by atoms with van der Waals surface area (Å²) in [4.78, 5) is 12.4. The number of ether oxygens (including phenoxy) is 2. The maximum Gasteiger partial charge on any atom is 0.251 e. The molecule has 1 fully saturated rings. The zero-order valence-corrected chi connectivity index (χ0v) is 17.4. The summed E-state index contributed by atoms with van der Waals surface area (Å²) in [6, 6.07) is 8.89. The maximum absolute atomic E-state index is 14.4. The van der Waals surface area contributed by atoms with Gasteiger partial charge in [0.2, 0.25) is 0 Å². The van der Waals surface area contributed by atoms with E-state index in [1.807, 2.05) is 0 Å². The highest BCUT2D eigenvalue weighted by Crippen LogP contribution is 2.28. The Kier molecular flexibility index (Phi) is 7.44. The first kappa shape index (κ1) is 22.5. The van der Waals surface area contributed by atoms with Crippen molar-refractivity contribution in [2.45, 2.75) is 32.3 Å². The van der Waals surface area contributed by atoms with Crippen molar-refractivity contribution in [2.24, 2.45) is 17.6 Å². The number of nitrogens with one attached hydrogen (secondary N) is 2. The van der Waals surface area contributed by atoms with Gasteiger partial charge in [-0.1, -0.05) is 12.1 Å². The molecule has 1 amide bonds. The van der Waals surface area contributed by atoms with E-state index in [9.17, 15) is 13.6 Å². The van der Waals surface area contributed by atoms with E-state index in [2.05, 4.69) is 5.32 Å². The van der Waals surface area contributed by atoms with E-state index in [0.29, 0.717) is 12.3 Å². The number of benzene rings is 2. The Bertz CT molecular complexity index is 903. The molecule has 0 unspecified atom stereocenters. The van der Waals surface area contributed by atoms with E-state index < -0.39 is 23.3 Å². The van der Waals surface area contributed by atoms with Gasteiger partial charge in [0.1, 0.15) is 12.4 Å². The number of hydrogen-bond acceptors (Lipinski definition) is 4. The van der Waals surface area contributed by atoms with Crippen molar-refractivity contribution in [3.63, 3.8) is 0 Å². The Morgan fingerprint density at radius 1 is 1.13 bits per heavy atom. The first-order chi connectivity index (χ1) is 14.9. The first-order valence-electron chi connectivity index (χ1n) is 10.2. The lowest BCUT2D eigenvalue weighted by atomic mass is 9.81. The van der Waals surface area contributed by atoms with Gasteiger partial charge in [-0.2, -0.15) is 0 Å². The van der Waals surface area contributed by atoms with Crippen LogP contribution in [0.4, 0.5) is 8.78 Å². The van der Waals surface area contributed by atoms with Crippen LogP contribution in [0.3, 0.4) is 0 Å². The molecule has 0 spiro atoms. The smallest absolute Gasteiger partial charge is 0.251 e. The molecule has 0 radical (unpaired) electrons. The highest BCUT2D eigenvalue weighted by Gasteiger charge is 2.24. The Morgan fingerprint density at radius 3 is 2.29 bits per heavy atom. The average molecular weight is 431 g/mol. The van der Waals surface area contributed by atoms with E-state index >= 15 is 0 Å². The molecule has 0 aromatic heterocycles. The lowest BCUT2D eigenvalue weighted by Crippen LogP contribution is -2.33. The molecule has 1 saturated carbocycles. The van der Waals surface area contributed by atoms with Crippen LogP contribution in [0.25, 0.3) is 0 Å². The third-order valence-corrected chi connectivity index (χ3v) is 5.64. The number of carbonyl (C=O) groups is 1. The van der Waals surface area contributed by atoms with Gasteiger partial charge < -0.3 is 20.5 Å². The standard InChI is InChI=1S/C23H27F2N3O3/c1-30-18-8-4-15(5-9-18)13-31-21-19(24)10-17(11-20(21)25)23(29)28-12-14-2-6-16(7-3-14)22(26)27/h4-5,8-11,14,16H,2-3,6-7,12-13H2,1H3,(H3,26,27)(H,28,29). The molecule has 166 valence electrons. The van der Waals surface area contributed by atoms with Gasteiger partial charge in [-0.05, 0) is 61.4 Å². The number of nitrogens with two attached hydrogens (primary N) is 1. The van der Waals surface area contributed by atoms with Gasteiger partial charge in [0, 0.05) is 18.0 Å². The Hall–Kier alpha value is -3.16. The molecule has 2 aromatic carbocycles. The van der Waals surface area contributed by atoms with Crippen LogP contribution >= 0.6 is 0 Å². The summed E-state index contributed by atoms with van der Waals surface area (Å²) in [5, 5.41) is 10.3. The van der Waals surface area contributed by atoms with Crippen molar-refractivity contribution in [3.05, 3.63) is 59.2 Å². The highest BCUT2D eigenvalue weighted by molar-refractivity contribution is 5.94. The number of amides is 1. The molecule has 31 heavy (non-hydrogen) atoms. The molecule has 8 heteroatoms. The summed E-state index contributed by atoms with van der Waals surface area (Å²) in [7, 11) is 1.55. The van der Waals surface area contributed by atoms with Gasteiger partial charge in [-0.3, -0.25) is 10.2 Å². The van der Waals surface area contributed by atoms with Gasteiger partial charge in [0.15, 0.2) is 17.4 Å². The zero-order valence-electron chi connectivity index (χ0n) is 17.4. The molecule has 3 rings (SSSR count). The van der Waals surface area contributed by atoms with Crippen molar-refractivity contribution in [1.82, 2.24) is 5.32 Å². The van der Waals surface area contributed by atoms with Crippen LogP contribution in [0.5, 0.6) is 11.5 Å². The minimum absolute atomic E-state index is 0.0215. The van der Waals surface area contributed by atoms with Crippen molar-refractivity contribution in [2.75, 3.05) is 13.7 Å². The molecular formula is C23H27F2N3O3. The number of hydrogen-bond donors (Lipinski definition) is 3. The number of amidine groups is 1. The predicted molar refractivity (Wildman–Crippen MR) is 113 cm³/mol. The topological polar surface area (TPSA) is 97.4 Å². The van der Waals surface area contributed by atoms with E-state index in [-0.39, 0.29) is 29.8 Å². The molecule has 0 saturated heterocycles. The van der Waals surface area contributed by atoms with Crippen LogP contribution < -0.4 is 20.5 Å². The van der Waals surface area contributed by atoms with Gasteiger partial charge in [0.05, 0.1) is 12.9 Å². The summed E-state index contributed by atoms with van der Waals surface area (Å²) < 4.78 is 39.2. The van der Waals surface area contributed by atoms with Crippen LogP contribution in [0, 0.1) is 28.9 Å². The molecule has 0 bridgehead atoms. The predicted octanol–water partition coefficient (Wildman–Crippen LogP) is 4.02. The van der Waals surface area contributed by atoms with Gasteiger partial charge in [0.25, 0.3) is 5.91 Å². The highest BCUT2D eigenvalue weighted by atomic mass is 19.1. The van der Waals surface area contributed by atoms with Crippen molar-refractivity contribution >= 4 is 11.7 Å². The van der Waals surface area contributed by atoms with Crippen molar-refractivity contribution in [3.8, 4) is 11.5 Å². The monoisotopic (exact) mass is 431 g/mol. The molecule has 4 N–H and O–H groups in total. The second-order valence-electron chi connectivity index (χ2n) is 7.79. The first-order valence-corrected chi connectivity index (χ1v) is 10.2. The SMILES string of the molecule is COc1ccc(COc2c(F)cc(C(=O)NCC3CCC(C(=N)N)CC3)cc2F)cc1. The third-order valence-electron chi connectivity index (χ3n) is 5.64. The largest absolute Gasteiger partial charge is 0.497 e. The summed E-state index contributed by atoms with van der Waals surface area (Å²) in [6.45, 7) is 0.398. The molecule has 0 atom stereocenters. The second-order valence-corrected chi connectivity index (χ2v) is 7.79. The molecule has 1 aliphatic carbocycles. The number of methoxy groups -OCH3 is 1. The summed E-state index contributed by atoms with van der Waals surface area (Å²) in [5.74, 6) is -1.66. The maximum atomic E-state index is 14.4. The van der Waals surface area contributed by atoms with Crippen molar-refractivity contribution in [1.29, 1.82) is 5.41 Å². The number of carbonyl (C=O) groups excluding carboxylic acids is 1. The van der Waals surface area contributed by atoms with E-state index in [0.717, 1.165) is 43.4 Å². The molecule has 1 aliphatic rings. The van der Waals surface area contributed by atoms with Crippen molar-refractivity contribution < 1.29 is 23.0 Å².